The molecular weight excluding hydrogens is 374 g/mol. The number of hydrogen-bond acceptors (Lipinski definition) is 5. The average Bonchev–Trinajstić information content (AvgIpc) is 3.15. The fourth-order valence-electron chi connectivity index (χ4n) is 3.85. The summed E-state index contributed by atoms with van der Waals surface area (Å²) in [5.74, 6) is -0.990. The maximum Gasteiger partial charge on any atom is 0.303 e. The van der Waals surface area contributed by atoms with E-state index in [-0.39, 0.29) is 37.3 Å². The molecule has 1 aromatic carbocycles. The number of nitrogens with zero attached hydrogens (tertiary/aromatic N) is 3. The second kappa shape index (κ2) is 7.90. The summed E-state index contributed by atoms with van der Waals surface area (Å²) in [5, 5.41) is 8.88. The highest BCUT2D eigenvalue weighted by Gasteiger charge is 2.44. The number of carboxylic acid groups (broad SMARTS) is 1. The van der Waals surface area contributed by atoms with E-state index in [1.54, 1.807) is 23.4 Å². The molecule has 2 aromatic rings. The van der Waals surface area contributed by atoms with Crippen LogP contribution in [0.4, 0.5) is 5.69 Å². The number of hydrogen-bond donors (Lipinski definition) is 1. The van der Waals surface area contributed by atoms with Crippen molar-refractivity contribution in [3.63, 3.8) is 0 Å². The molecule has 0 saturated carbocycles. The molecule has 0 aliphatic carbocycles. The highest BCUT2D eigenvalue weighted by Crippen LogP contribution is 2.37. The predicted octanol–water partition coefficient (Wildman–Crippen LogP) is 1.84. The first kappa shape index (κ1) is 18.9. The molecule has 2 atom stereocenters. The topological polar surface area (TPSA) is 100 Å². The normalized spacial score (nSPS) is 20.5. The van der Waals surface area contributed by atoms with Gasteiger partial charge in [-0.1, -0.05) is 18.2 Å². The standard InChI is InChI=1S/C21H21N3O5/c25-19(7-8-20(26)27)23-13-15-10-17(23)21(28)24(12-14-4-3-9-22-11-14)16-5-1-2-6-18(16)29-15/h1-6,9,11,15,17H,7-8,10,12-13H2,(H,26,27)/t15-,17-/m0/s1. The van der Waals surface area contributed by atoms with Gasteiger partial charge in [0.2, 0.25) is 11.8 Å². The summed E-state index contributed by atoms with van der Waals surface area (Å²) in [5.41, 5.74) is 1.51. The van der Waals surface area contributed by atoms with Crippen molar-refractivity contribution in [2.24, 2.45) is 0 Å². The quantitative estimate of drug-likeness (QED) is 0.829. The summed E-state index contributed by atoms with van der Waals surface area (Å²) >= 11 is 0. The van der Waals surface area contributed by atoms with Gasteiger partial charge in [-0.15, -0.1) is 0 Å². The van der Waals surface area contributed by atoms with E-state index in [9.17, 15) is 14.4 Å². The third-order valence-electron chi connectivity index (χ3n) is 5.20. The van der Waals surface area contributed by atoms with Gasteiger partial charge in [-0.25, -0.2) is 0 Å². The maximum absolute atomic E-state index is 13.5. The van der Waals surface area contributed by atoms with Crippen molar-refractivity contribution in [1.82, 2.24) is 9.88 Å². The number of likely N-dealkylation sites (tertiary alicyclic amines) is 1. The Morgan fingerprint density at radius 3 is 2.76 bits per heavy atom. The van der Waals surface area contributed by atoms with E-state index in [0.717, 1.165) is 5.56 Å². The van der Waals surface area contributed by atoms with Gasteiger partial charge in [0.05, 0.1) is 25.2 Å². The number of para-hydroxylation sites is 2. The number of aliphatic carboxylic acids is 1. The van der Waals surface area contributed by atoms with Crippen LogP contribution in [0.3, 0.4) is 0 Å². The van der Waals surface area contributed by atoms with Gasteiger partial charge >= 0.3 is 5.97 Å². The molecule has 2 bridgehead atoms. The number of ether oxygens (including phenoxy) is 1. The number of carbonyl (C=O) groups is 3. The number of fused-ring (bicyclic) bond motifs is 3. The van der Waals surface area contributed by atoms with E-state index in [4.69, 9.17) is 9.84 Å². The molecule has 0 spiro atoms. The molecule has 1 N–H and O–H groups in total. The van der Waals surface area contributed by atoms with E-state index >= 15 is 0 Å². The molecule has 29 heavy (non-hydrogen) atoms. The Morgan fingerprint density at radius 2 is 2.00 bits per heavy atom. The van der Waals surface area contributed by atoms with Crippen molar-refractivity contribution in [3.05, 3.63) is 54.4 Å². The maximum atomic E-state index is 13.5. The Bertz CT molecular complexity index is 933. The number of benzene rings is 1. The average molecular weight is 395 g/mol. The van der Waals surface area contributed by atoms with Gasteiger partial charge in [-0.3, -0.25) is 19.4 Å². The smallest absolute Gasteiger partial charge is 0.303 e. The number of aromatic nitrogens is 1. The third-order valence-corrected chi connectivity index (χ3v) is 5.20. The third kappa shape index (κ3) is 3.91. The van der Waals surface area contributed by atoms with Crippen LogP contribution in [0.15, 0.2) is 48.8 Å². The van der Waals surface area contributed by atoms with Crippen molar-refractivity contribution in [3.8, 4) is 5.75 Å². The molecule has 1 fully saturated rings. The molecule has 1 aromatic heterocycles. The van der Waals surface area contributed by atoms with E-state index < -0.39 is 12.0 Å². The van der Waals surface area contributed by atoms with Gasteiger partial charge in [-0.2, -0.15) is 0 Å². The summed E-state index contributed by atoms with van der Waals surface area (Å²) in [6.45, 7) is 0.565. The highest BCUT2D eigenvalue weighted by molar-refractivity contribution is 6.01. The SMILES string of the molecule is O=C(O)CCC(=O)N1C[C@@H]2C[C@H]1C(=O)N(Cc1cccnc1)c1ccccc1O2. The van der Waals surface area contributed by atoms with Gasteiger partial charge in [0.15, 0.2) is 0 Å². The van der Waals surface area contributed by atoms with Gasteiger partial charge < -0.3 is 19.6 Å². The minimum atomic E-state index is -1.04. The lowest BCUT2D eigenvalue weighted by Gasteiger charge is -2.31. The van der Waals surface area contributed by atoms with Gasteiger partial charge in [0, 0.05) is 25.2 Å². The fourth-order valence-corrected chi connectivity index (χ4v) is 3.85. The Hall–Kier alpha value is -3.42. The molecule has 0 radical (unpaired) electrons. The van der Waals surface area contributed by atoms with Crippen LogP contribution in [0.2, 0.25) is 0 Å². The van der Waals surface area contributed by atoms with E-state index in [0.29, 0.717) is 24.4 Å². The summed E-state index contributed by atoms with van der Waals surface area (Å²) in [6, 6.07) is 10.3. The van der Waals surface area contributed by atoms with Crippen LogP contribution >= 0.6 is 0 Å². The zero-order valence-corrected chi connectivity index (χ0v) is 15.7. The number of carboxylic acids is 1. The molecule has 8 nitrogen and oxygen atoms in total. The number of amides is 2. The number of rotatable bonds is 5. The molecule has 1 saturated heterocycles. The van der Waals surface area contributed by atoms with E-state index in [1.807, 2.05) is 30.3 Å². The van der Waals surface area contributed by atoms with Crippen LogP contribution in [0.25, 0.3) is 0 Å². The summed E-state index contributed by atoms with van der Waals surface area (Å²) in [4.78, 5) is 44.2. The van der Waals surface area contributed by atoms with Crippen LogP contribution < -0.4 is 9.64 Å². The van der Waals surface area contributed by atoms with Crippen LogP contribution in [0.5, 0.6) is 5.75 Å². The second-order valence-corrected chi connectivity index (χ2v) is 7.18. The van der Waals surface area contributed by atoms with Crippen molar-refractivity contribution in [2.75, 3.05) is 11.4 Å². The minimum absolute atomic E-state index is 0.138. The summed E-state index contributed by atoms with van der Waals surface area (Å²) in [6.07, 6.45) is 3.04. The zero-order valence-electron chi connectivity index (χ0n) is 15.7. The Morgan fingerprint density at radius 1 is 1.17 bits per heavy atom. The Balaban J connectivity index is 1.66. The summed E-state index contributed by atoms with van der Waals surface area (Å²) in [7, 11) is 0. The Kier molecular flexibility index (Phi) is 5.16. The first-order valence-electron chi connectivity index (χ1n) is 9.50. The molecule has 0 unspecified atom stereocenters. The van der Waals surface area contributed by atoms with Crippen LogP contribution in [-0.2, 0) is 20.9 Å². The van der Waals surface area contributed by atoms with E-state index in [1.165, 1.54) is 4.90 Å². The van der Waals surface area contributed by atoms with Crippen LogP contribution in [-0.4, -0.2) is 51.5 Å². The van der Waals surface area contributed by atoms with Crippen LogP contribution in [0.1, 0.15) is 24.8 Å². The first-order valence-corrected chi connectivity index (χ1v) is 9.50. The lowest BCUT2D eigenvalue weighted by molar-refractivity contribution is -0.142. The summed E-state index contributed by atoms with van der Waals surface area (Å²) < 4.78 is 6.13. The van der Waals surface area contributed by atoms with Crippen molar-refractivity contribution in [1.29, 1.82) is 0 Å². The van der Waals surface area contributed by atoms with Gasteiger partial charge in [0.25, 0.3) is 0 Å². The van der Waals surface area contributed by atoms with Crippen molar-refractivity contribution < 1.29 is 24.2 Å². The molecule has 2 aliphatic heterocycles. The van der Waals surface area contributed by atoms with Crippen molar-refractivity contribution in [2.45, 2.75) is 38.0 Å². The van der Waals surface area contributed by atoms with Crippen LogP contribution in [0, 0.1) is 0 Å². The predicted molar refractivity (Wildman–Crippen MR) is 103 cm³/mol. The fraction of sp³-hybridized carbons (Fsp3) is 0.333. The first-order chi connectivity index (χ1) is 14.0. The second-order valence-electron chi connectivity index (χ2n) is 7.18. The number of pyridine rings is 1. The molecule has 8 heteroatoms. The Labute approximate surface area is 167 Å². The minimum Gasteiger partial charge on any atom is -0.486 e. The molecule has 150 valence electrons. The molecule has 2 aliphatic rings. The van der Waals surface area contributed by atoms with Gasteiger partial charge in [-0.05, 0) is 23.8 Å². The van der Waals surface area contributed by atoms with Gasteiger partial charge in [0.1, 0.15) is 17.9 Å². The highest BCUT2D eigenvalue weighted by atomic mass is 16.5. The van der Waals surface area contributed by atoms with Crippen molar-refractivity contribution >= 4 is 23.5 Å². The number of anilines is 1. The lowest BCUT2D eigenvalue weighted by Crippen LogP contribution is -2.48. The molecule has 4 rings (SSSR count). The largest absolute Gasteiger partial charge is 0.486 e. The molecule has 2 amide bonds. The molecule has 3 heterocycles. The molecular formula is C21H21N3O5. The number of carbonyl (C=O) groups excluding carboxylic acids is 2. The van der Waals surface area contributed by atoms with E-state index in [2.05, 4.69) is 4.98 Å². The monoisotopic (exact) mass is 395 g/mol. The lowest BCUT2D eigenvalue weighted by atomic mass is 10.1. The zero-order chi connectivity index (χ0) is 20.4.